The van der Waals surface area contributed by atoms with E-state index in [1.165, 1.54) is 32.1 Å². The van der Waals surface area contributed by atoms with E-state index in [1.807, 2.05) is 24.3 Å². The smallest absolute Gasteiger partial charge is 0.227 e. The Bertz CT molecular complexity index is 415. The molecule has 0 aliphatic heterocycles. The van der Waals surface area contributed by atoms with Crippen molar-refractivity contribution in [2.75, 3.05) is 5.32 Å². The molecule has 19 heavy (non-hydrogen) atoms. The summed E-state index contributed by atoms with van der Waals surface area (Å²) in [6.45, 7) is 2.23. The Morgan fingerprint density at radius 3 is 2.68 bits per heavy atom. The highest BCUT2D eigenvalue weighted by Crippen LogP contribution is 2.43. The number of carbonyl (C=O) groups excluding carboxylic acids is 1. The van der Waals surface area contributed by atoms with E-state index in [-0.39, 0.29) is 11.8 Å². The molecule has 0 bridgehead atoms. The van der Waals surface area contributed by atoms with Gasteiger partial charge in [-0.3, -0.25) is 4.79 Å². The third-order valence-electron chi connectivity index (χ3n) is 3.80. The van der Waals surface area contributed by atoms with Crippen molar-refractivity contribution in [3.8, 4) is 0 Å². The average Bonchev–Trinajstić information content (AvgIpc) is 3.17. The van der Waals surface area contributed by atoms with Crippen LogP contribution in [-0.4, -0.2) is 5.91 Å². The lowest BCUT2D eigenvalue weighted by molar-refractivity contribution is -0.117. The van der Waals surface area contributed by atoms with Gasteiger partial charge in [0.25, 0.3) is 0 Å². The van der Waals surface area contributed by atoms with Crippen molar-refractivity contribution in [2.45, 2.75) is 45.4 Å². The topological polar surface area (TPSA) is 29.1 Å². The second kappa shape index (κ2) is 7.09. The molecule has 1 amide bonds. The number of benzene rings is 1. The van der Waals surface area contributed by atoms with Gasteiger partial charge >= 0.3 is 0 Å². The van der Waals surface area contributed by atoms with Crippen LogP contribution in [-0.2, 0) is 4.79 Å². The summed E-state index contributed by atoms with van der Waals surface area (Å²) < 4.78 is 1.03. The fraction of sp³-hybridized carbons (Fsp3) is 0.562. The van der Waals surface area contributed by atoms with E-state index >= 15 is 0 Å². The summed E-state index contributed by atoms with van der Waals surface area (Å²) in [6.07, 6.45) is 7.49. The molecule has 1 N–H and O–H groups in total. The van der Waals surface area contributed by atoms with E-state index in [1.54, 1.807) is 0 Å². The van der Waals surface area contributed by atoms with Gasteiger partial charge in [0.1, 0.15) is 0 Å². The lowest BCUT2D eigenvalue weighted by Gasteiger charge is -2.05. The van der Waals surface area contributed by atoms with Gasteiger partial charge in [-0.15, -0.1) is 0 Å². The maximum atomic E-state index is 12.0. The fourth-order valence-electron chi connectivity index (χ4n) is 2.49. The fourth-order valence-corrected chi connectivity index (χ4v) is 2.75. The molecule has 1 aliphatic rings. The molecule has 2 rings (SSSR count). The number of nitrogens with one attached hydrogen (secondary N) is 1. The van der Waals surface area contributed by atoms with Crippen LogP contribution in [0.3, 0.4) is 0 Å². The number of hydrogen-bond acceptors (Lipinski definition) is 1. The van der Waals surface area contributed by atoms with E-state index in [0.29, 0.717) is 5.92 Å². The number of rotatable bonds is 7. The van der Waals surface area contributed by atoms with E-state index in [4.69, 9.17) is 0 Å². The largest absolute Gasteiger partial charge is 0.326 e. The van der Waals surface area contributed by atoms with Crippen LogP contribution in [0.4, 0.5) is 5.69 Å². The first-order chi connectivity index (χ1) is 9.20. The van der Waals surface area contributed by atoms with Crippen LogP contribution in [0.5, 0.6) is 0 Å². The molecular formula is C16H22BrNO. The molecule has 0 aromatic heterocycles. The summed E-state index contributed by atoms with van der Waals surface area (Å²) >= 11 is 3.39. The summed E-state index contributed by atoms with van der Waals surface area (Å²) in [5.41, 5.74) is 0.893. The first-order valence-electron chi connectivity index (χ1n) is 7.27. The highest BCUT2D eigenvalue weighted by Gasteiger charge is 2.41. The minimum Gasteiger partial charge on any atom is -0.326 e. The second-order valence-electron chi connectivity index (χ2n) is 5.45. The van der Waals surface area contributed by atoms with Gasteiger partial charge in [-0.1, -0.05) is 48.5 Å². The number of halogens is 1. The summed E-state index contributed by atoms with van der Waals surface area (Å²) in [6, 6.07) is 7.76. The van der Waals surface area contributed by atoms with Gasteiger partial charge in [0, 0.05) is 16.1 Å². The third kappa shape index (κ3) is 4.64. The Balaban J connectivity index is 1.69. The van der Waals surface area contributed by atoms with Crippen molar-refractivity contribution in [3.63, 3.8) is 0 Å². The van der Waals surface area contributed by atoms with Crippen LogP contribution in [0.15, 0.2) is 28.7 Å². The molecule has 2 atom stereocenters. The number of unbranched alkanes of at least 4 members (excludes halogenated alkanes) is 3. The van der Waals surface area contributed by atoms with E-state index < -0.39 is 0 Å². The van der Waals surface area contributed by atoms with Crippen LogP contribution in [0.25, 0.3) is 0 Å². The normalized spacial score (nSPS) is 21.2. The van der Waals surface area contributed by atoms with Gasteiger partial charge in [-0.05, 0) is 43.0 Å². The first-order valence-corrected chi connectivity index (χ1v) is 8.06. The first kappa shape index (κ1) is 14.6. The Hall–Kier alpha value is -0.830. The Morgan fingerprint density at radius 1 is 1.26 bits per heavy atom. The van der Waals surface area contributed by atoms with Crippen LogP contribution in [0.2, 0.25) is 0 Å². The molecule has 104 valence electrons. The van der Waals surface area contributed by atoms with Crippen molar-refractivity contribution in [3.05, 3.63) is 28.7 Å². The van der Waals surface area contributed by atoms with E-state index in [0.717, 1.165) is 16.6 Å². The monoisotopic (exact) mass is 323 g/mol. The summed E-state index contributed by atoms with van der Waals surface area (Å²) in [5.74, 6) is 1.08. The number of anilines is 1. The van der Waals surface area contributed by atoms with Crippen molar-refractivity contribution < 1.29 is 4.79 Å². The minimum atomic E-state index is 0.197. The Labute approximate surface area is 124 Å². The molecule has 2 nitrogen and oxygen atoms in total. The van der Waals surface area contributed by atoms with Crippen molar-refractivity contribution in [1.29, 1.82) is 0 Å². The molecule has 1 saturated carbocycles. The van der Waals surface area contributed by atoms with Crippen LogP contribution >= 0.6 is 15.9 Å². The molecule has 0 spiro atoms. The maximum absolute atomic E-state index is 12.0. The number of hydrogen-bond donors (Lipinski definition) is 1. The van der Waals surface area contributed by atoms with Gasteiger partial charge in [0.2, 0.25) is 5.91 Å². The van der Waals surface area contributed by atoms with Gasteiger partial charge in [-0.2, -0.15) is 0 Å². The molecule has 1 aromatic rings. The molecule has 1 aliphatic carbocycles. The molecule has 3 heteroatoms. The predicted molar refractivity (Wildman–Crippen MR) is 83.1 cm³/mol. The van der Waals surface area contributed by atoms with Gasteiger partial charge in [-0.25, -0.2) is 0 Å². The Morgan fingerprint density at radius 2 is 2.00 bits per heavy atom. The van der Waals surface area contributed by atoms with E-state index in [2.05, 4.69) is 28.2 Å². The zero-order valence-corrected chi connectivity index (χ0v) is 13.1. The highest BCUT2D eigenvalue weighted by atomic mass is 79.9. The molecular weight excluding hydrogens is 302 g/mol. The zero-order chi connectivity index (χ0) is 13.7. The quantitative estimate of drug-likeness (QED) is 0.703. The summed E-state index contributed by atoms with van der Waals surface area (Å²) in [5, 5.41) is 3.00. The van der Waals surface area contributed by atoms with Gasteiger partial charge in [0.15, 0.2) is 0 Å². The standard InChI is InChI=1S/C16H22BrNO/c1-2-3-4-5-6-12-11-15(12)16(19)18-14-9-7-13(17)8-10-14/h7-10,12,15H,2-6,11H2,1H3,(H,18,19)/t12-,15-/m1/s1. The van der Waals surface area contributed by atoms with Crippen LogP contribution < -0.4 is 5.32 Å². The molecule has 1 fully saturated rings. The summed E-state index contributed by atoms with van der Waals surface area (Å²) in [4.78, 5) is 12.0. The third-order valence-corrected chi connectivity index (χ3v) is 4.33. The predicted octanol–water partition coefficient (Wildman–Crippen LogP) is 4.99. The van der Waals surface area contributed by atoms with Gasteiger partial charge in [0.05, 0.1) is 0 Å². The van der Waals surface area contributed by atoms with Crippen molar-refractivity contribution in [1.82, 2.24) is 0 Å². The lowest BCUT2D eigenvalue weighted by atomic mass is 10.1. The maximum Gasteiger partial charge on any atom is 0.227 e. The van der Waals surface area contributed by atoms with Crippen molar-refractivity contribution >= 4 is 27.5 Å². The van der Waals surface area contributed by atoms with Gasteiger partial charge < -0.3 is 5.32 Å². The van der Waals surface area contributed by atoms with Crippen LogP contribution in [0.1, 0.15) is 45.4 Å². The molecule has 0 radical (unpaired) electrons. The number of carbonyl (C=O) groups is 1. The van der Waals surface area contributed by atoms with Crippen LogP contribution in [0, 0.1) is 11.8 Å². The second-order valence-corrected chi connectivity index (χ2v) is 6.36. The molecule has 0 saturated heterocycles. The minimum absolute atomic E-state index is 0.197. The Kier molecular flexibility index (Phi) is 5.44. The van der Waals surface area contributed by atoms with Crippen molar-refractivity contribution in [2.24, 2.45) is 11.8 Å². The molecule has 1 aromatic carbocycles. The zero-order valence-electron chi connectivity index (χ0n) is 11.5. The van der Waals surface area contributed by atoms with E-state index in [9.17, 15) is 4.79 Å². The summed E-state index contributed by atoms with van der Waals surface area (Å²) in [7, 11) is 0. The number of amides is 1. The highest BCUT2D eigenvalue weighted by molar-refractivity contribution is 9.10. The average molecular weight is 324 g/mol. The molecule has 0 heterocycles. The molecule has 0 unspecified atom stereocenters. The lowest BCUT2D eigenvalue weighted by Crippen LogP contribution is -2.14. The SMILES string of the molecule is CCCCCC[C@@H]1C[C@H]1C(=O)Nc1ccc(Br)cc1.